The lowest BCUT2D eigenvalue weighted by molar-refractivity contribution is -0.138. The Bertz CT molecular complexity index is 481. The molecule has 7 nitrogen and oxygen atoms in total. The number of sulfonamides is 1. The van der Waals surface area contributed by atoms with Crippen molar-refractivity contribution in [2.45, 2.75) is 6.92 Å². The highest BCUT2D eigenvalue weighted by atomic mass is 32.2. The van der Waals surface area contributed by atoms with E-state index in [1.807, 2.05) is 0 Å². The summed E-state index contributed by atoms with van der Waals surface area (Å²) in [5, 5.41) is 0. The normalized spacial score (nSPS) is 16.4. The molecule has 0 N–H and O–H groups in total. The Morgan fingerprint density at radius 2 is 1.70 bits per heavy atom. The van der Waals surface area contributed by atoms with Gasteiger partial charge in [-0.05, 0) is 0 Å². The first-order valence-electron chi connectivity index (χ1n) is 6.35. The van der Waals surface area contributed by atoms with Crippen LogP contribution < -0.4 is 0 Å². The second kappa shape index (κ2) is 6.85. The summed E-state index contributed by atoms with van der Waals surface area (Å²) in [6.45, 7) is 6.74. The molecule has 0 atom stereocenters. The highest BCUT2D eigenvalue weighted by Crippen LogP contribution is 2.05. The van der Waals surface area contributed by atoms with Crippen molar-refractivity contribution in [2.75, 3.05) is 45.5 Å². The molecule has 0 saturated carbocycles. The fraction of sp³-hybridized carbons (Fsp3) is 0.667. The molecule has 1 saturated heterocycles. The van der Waals surface area contributed by atoms with Gasteiger partial charge in [-0.2, -0.15) is 4.31 Å². The molecule has 1 fully saturated rings. The molecule has 8 heteroatoms. The van der Waals surface area contributed by atoms with Crippen molar-refractivity contribution in [3.8, 4) is 0 Å². The Morgan fingerprint density at radius 3 is 2.10 bits per heavy atom. The van der Waals surface area contributed by atoms with E-state index in [0.29, 0.717) is 26.2 Å². The summed E-state index contributed by atoms with van der Waals surface area (Å²) in [4.78, 5) is 26.5. The van der Waals surface area contributed by atoms with Gasteiger partial charge in [-0.15, -0.1) is 6.58 Å². The van der Waals surface area contributed by atoms with Crippen molar-refractivity contribution >= 4 is 21.8 Å². The van der Waals surface area contributed by atoms with Crippen LogP contribution in [-0.4, -0.2) is 79.9 Å². The number of hydrogen-bond acceptors (Lipinski definition) is 4. The number of nitrogens with zero attached hydrogens (tertiary/aromatic N) is 3. The van der Waals surface area contributed by atoms with Crippen molar-refractivity contribution in [3.05, 3.63) is 12.7 Å². The van der Waals surface area contributed by atoms with Crippen LogP contribution in [0.3, 0.4) is 0 Å². The topological polar surface area (TPSA) is 78.0 Å². The minimum atomic E-state index is -3.43. The number of rotatable bonds is 5. The van der Waals surface area contributed by atoms with Crippen LogP contribution in [-0.2, 0) is 19.6 Å². The predicted molar refractivity (Wildman–Crippen MR) is 75.4 cm³/mol. The Balaban J connectivity index is 2.59. The van der Waals surface area contributed by atoms with Crippen molar-refractivity contribution < 1.29 is 18.0 Å². The molecule has 0 radical (unpaired) electrons. The first kappa shape index (κ1) is 16.6. The molecular formula is C12H21N3O4S. The first-order chi connectivity index (χ1) is 9.25. The molecule has 1 aliphatic rings. The average molecular weight is 303 g/mol. The zero-order valence-corrected chi connectivity index (χ0v) is 12.7. The standard InChI is InChI=1S/C12H21N3O4S/c1-4-5-15(20(3,18)19)10-12(17)14-8-6-13(7-9-14)11(2)16/h4H,1,5-10H2,2-3H3. The zero-order chi connectivity index (χ0) is 15.3. The van der Waals surface area contributed by atoms with E-state index in [-0.39, 0.29) is 24.9 Å². The predicted octanol–water partition coefficient (Wildman–Crippen LogP) is -0.875. The van der Waals surface area contributed by atoms with Crippen LogP contribution in [0, 0.1) is 0 Å². The fourth-order valence-corrected chi connectivity index (χ4v) is 2.70. The van der Waals surface area contributed by atoms with Gasteiger partial charge in [-0.1, -0.05) is 6.08 Å². The van der Waals surface area contributed by atoms with E-state index in [9.17, 15) is 18.0 Å². The Hall–Kier alpha value is -1.41. The number of carbonyl (C=O) groups is 2. The van der Waals surface area contributed by atoms with Gasteiger partial charge in [0.25, 0.3) is 0 Å². The van der Waals surface area contributed by atoms with E-state index >= 15 is 0 Å². The van der Waals surface area contributed by atoms with E-state index in [2.05, 4.69) is 6.58 Å². The van der Waals surface area contributed by atoms with Gasteiger partial charge in [0.05, 0.1) is 12.8 Å². The molecule has 1 heterocycles. The molecule has 0 bridgehead atoms. The Kier molecular flexibility index (Phi) is 5.70. The third-order valence-corrected chi connectivity index (χ3v) is 4.41. The number of piperazine rings is 1. The van der Waals surface area contributed by atoms with Gasteiger partial charge in [0.2, 0.25) is 21.8 Å². The summed E-state index contributed by atoms with van der Waals surface area (Å²) < 4.78 is 24.2. The fourth-order valence-electron chi connectivity index (χ4n) is 1.98. The molecule has 0 aromatic heterocycles. The molecule has 0 unspecified atom stereocenters. The quantitative estimate of drug-likeness (QED) is 0.618. The minimum absolute atomic E-state index is 0.0125. The van der Waals surface area contributed by atoms with E-state index in [1.165, 1.54) is 13.0 Å². The number of amides is 2. The highest BCUT2D eigenvalue weighted by Gasteiger charge is 2.26. The molecule has 0 spiro atoms. The van der Waals surface area contributed by atoms with Crippen molar-refractivity contribution in [1.82, 2.24) is 14.1 Å². The average Bonchev–Trinajstić information content (AvgIpc) is 2.37. The third-order valence-electron chi connectivity index (χ3n) is 3.19. The zero-order valence-electron chi connectivity index (χ0n) is 11.9. The van der Waals surface area contributed by atoms with E-state index in [4.69, 9.17) is 0 Å². The largest absolute Gasteiger partial charge is 0.339 e. The van der Waals surface area contributed by atoms with Crippen LogP contribution >= 0.6 is 0 Å². The molecule has 114 valence electrons. The van der Waals surface area contributed by atoms with Crippen LogP contribution in [0.15, 0.2) is 12.7 Å². The maximum absolute atomic E-state index is 12.1. The van der Waals surface area contributed by atoms with Gasteiger partial charge < -0.3 is 9.80 Å². The summed E-state index contributed by atoms with van der Waals surface area (Å²) in [5.74, 6) is -0.262. The van der Waals surface area contributed by atoms with Gasteiger partial charge >= 0.3 is 0 Å². The second-order valence-corrected chi connectivity index (χ2v) is 6.71. The van der Waals surface area contributed by atoms with Crippen LogP contribution in [0.4, 0.5) is 0 Å². The summed E-state index contributed by atoms with van der Waals surface area (Å²) >= 11 is 0. The van der Waals surface area contributed by atoms with Gasteiger partial charge in [0.1, 0.15) is 0 Å². The van der Waals surface area contributed by atoms with Crippen LogP contribution in [0.25, 0.3) is 0 Å². The van der Waals surface area contributed by atoms with Gasteiger partial charge in [0.15, 0.2) is 0 Å². The maximum Gasteiger partial charge on any atom is 0.238 e. The van der Waals surface area contributed by atoms with Gasteiger partial charge in [0, 0.05) is 39.6 Å². The summed E-state index contributed by atoms with van der Waals surface area (Å²) in [5.41, 5.74) is 0. The summed E-state index contributed by atoms with van der Waals surface area (Å²) in [6, 6.07) is 0. The summed E-state index contributed by atoms with van der Waals surface area (Å²) in [6.07, 6.45) is 2.51. The molecular weight excluding hydrogens is 282 g/mol. The Morgan fingerprint density at radius 1 is 1.20 bits per heavy atom. The van der Waals surface area contributed by atoms with E-state index < -0.39 is 10.0 Å². The van der Waals surface area contributed by atoms with Crippen molar-refractivity contribution in [1.29, 1.82) is 0 Å². The third kappa shape index (κ3) is 4.61. The number of hydrogen-bond donors (Lipinski definition) is 0. The molecule has 20 heavy (non-hydrogen) atoms. The lowest BCUT2D eigenvalue weighted by Crippen LogP contribution is -2.52. The first-order valence-corrected chi connectivity index (χ1v) is 8.20. The molecule has 0 aromatic rings. The van der Waals surface area contributed by atoms with Crippen LogP contribution in [0.5, 0.6) is 0 Å². The minimum Gasteiger partial charge on any atom is -0.339 e. The van der Waals surface area contributed by atoms with E-state index in [1.54, 1.807) is 9.80 Å². The SMILES string of the molecule is C=CCN(CC(=O)N1CCN(C(C)=O)CC1)S(C)(=O)=O. The van der Waals surface area contributed by atoms with Crippen molar-refractivity contribution in [2.24, 2.45) is 0 Å². The Labute approximate surface area is 119 Å². The maximum atomic E-state index is 12.1. The molecule has 1 aliphatic heterocycles. The summed E-state index contributed by atoms with van der Waals surface area (Å²) in [7, 11) is -3.43. The van der Waals surface area contributed by atoms with Gasteiger partial charge in [-0.3, -0.25) is 9.59 Å². The molecule has 2 amide bonds. The second-order valence-electron chi connectivity index (χ2n) is 4.73. The van der Waals surface area contributed by atoms with Crippen molar-refractivity contribution in [3.63, 3.8) is 0 Å². The van der Waals surface area contributed by atoms with Crippen LogP contribution in [0.2, 0.25) is 0 Å². The lowest BCUT2D eigenvalue weighted by atomic mass is 10.3. The lowest BCUT2D eigenvalue weighted by Gasteiger charge is -2.35. The molecule has 0 aromatic carbocycles. The number of carbonyl (C=O) groups excluding carboxylic acids is 2. The monoisotopic (exact) mass is 303 g/mol. The van der Waals surface area contributed by atoms with Crippen LogP contribution in [0.1, 0.15) is 6.92 Å². The van der Waals surface area contributed by atoms with Gasteiger partial charge in [-0.25, -0.2) is 8.42 Å². The molecule has 0 aliphatic carbocycles. The smallest absolute Gasteiger partial charge is 0.238 e. The highest BCUT2D eigenvalue weighted by molar-refractivity contribution is 7.88. The molecule has 1 rings (SSSR count). The van der Waals surface area contributed by atoms with E-state index in [0.717, 1.165) is 10.6 Å².